The summed E-state index contributed by atoms with van der Waals surface area (Å²) in [6, 6.07) is 18.8. The van der Waals surface area contributed by atoms with E-state index < -0.39 is 0 Å². The maximum atomic E-state index is 12.6. The average molecular weight is 348 g/mol. The maximum absolute atomic E-state index is 12.6. The first-order valence-corrected chi connectivity index (χ1v) is 8.31. The fourth-order valence-electron chi connectivity index (χ4n) is 2.60. The third-order valence-corrected chi connectivity index (χ3v) is 3.87. The lowest BCUT2D eigenvalue weighted by atomic mass is 10.2. The number of carbonyl (C=O) groups is 1. The van der Waals surface area contributed by atoms with Crippen molar-refractivity contribution >= 4 is 23.1 Å². The Kier molecular flexibility index (Phi) is 5.43. The van der Waals surface area contributed by atoms with Crippen LogP contribution in [-0.2, 0) is 0 Å². The topological polar surface area (TPSA) is 67.4 Å². The monoisotopic (exact) mass is 348 g/mol. The molecule has 0 spiro atoms. The Morgan fingerprint density at radius 1 is 1.08 bits per heavy atom. The molecular formula is C20H20N4O2. The molecule has 0 bridgehead atoms. The van der Waals surface area contributed by atoms with Crippen molar-refractivity contribution < 1.29 is 9.53 Å². The van der Waals surface area contributed by atoms with Gasteiger partial charge in [0.25, 0.3) is 5.91 Å². The summed E-state index contributed by atoms with van der Waals surface area (Å²) in [7, 11) is 1.58. The van der Waals surface area contributed by atoms with E-state index in [1.54, 1.807) is 25.3 Å². The number of nitrogens with zero attached hydrogens (tertiary/aromatic N) is 3. The molecule has 0 unspecified atom stereocenters. The van der Waals surface area contributed by atoms with Crippen molar-refractivity contribution in [3.63, 3.8) is 0 Å². The van der Waals surface area contributed by atoms with Crippen LogP contribution in [0.4, 0.5) is 17.2 Å². The SMILES string of the molecule is CCN(c1ccccc1)c1cc(C(=O)Nc2cccc(OC)c2)ncn1. The summed E-state index contributed by atoms with van der Waals surface area (Å²) < 4.78 is 5.17. The zero-order chi connectivity index (χ0) is 18.4. The second kappa shape index (κ2) is 8.11. The normalized spacial score (nSPS) is 10.2. The molecular weight excluding hydrogens is 328 g/mol. The van der Waals surface area contributed by atoms with Gasteiger partial charge in [-0.3, -0.25) is 4.79 Å². The molecule has 2 aromatic carbocycles. The van der Waals surface area contributed by atoms with Crippen LogP contribution < -0.4 is 15.0 Å². The summed E-state index contributed by atoms with van der Waals surface area (Å²) in [5.74, 6) is 1.04. The largest absolute Gasteiger partial charge is 0.497 e. The lowest BCUT2D eigenvalue weighted by Gasteiger charge is -2.22. The first-order valence-electron chi connectivity index (χ1n) is 8.31. The lowest BCUT2D eigenvalue weighted by molar-refractivity contribution is 0.102. The average Bonchev–Trinajstić information content (AvgIpc) is 2.70. The first kappa shape index (κ1) is 17.4. The molecule has 1 heterocycles. The van der Waals surface area contributed by atoms with E-state index in [1.807, 2.05) is 54.3 Å². The third kappa shape index (κ3) is 3.97. The highest BCUT2D eigenvalue weighted by Crippen LogP contribution is 2.23. The predicted molar refractivity (Wildman–Crippen MR) is 102 cm³/mol. The fourth-order valence-corrected chi connectivity index (χ4v) is 2.60. The van der Waals surface area contributed by atoms with Crippen molar-refractivity contribution in [2.75, 3.05) is 23.9 Å². The zero-order valence-corrected chi connectivity index (χ0v) is 14.7. The second-order valence-corrected chi connectivity index (χ2v) is 5.53. The van der Waals surface area contributed by atoms with Crippen molar-refractivity contribution in [3.05, 3.63) is 72.7 Å². The second-order valence-electron chi connectivity index (χ2n) is 5.53. The van der Waals surface area contributed by atoms with Gasteiger partial charge in [-0.2, -0.15) is 0 Å². The summed E-state index contributed by atoms with van der Waals surface area (Å²) in [6.45, 7) is 2.75. The standard InChI is InChI=1S/C20H20N4O2/c1-3-24(16-9-5-4-6-10-16)19-13-18(21-14-22-19)20(25)23-15-8-7-11-17(12-15)26-2/h4-14H,3H2,1-2H3,(H,23,25). The van der Waals surface area contributed by atoms with Crippen molar-refractivity contribution in [1.29, 1.82) is 0 Å². The Morgan fingerprint density at radius 2 is 1.88 bits per heavy atom. The highest BCUT2D eigenvalue weighted by molar-refractivity contribution is 6.03. The van der Waals surface area contributed by atoms with Gasteiger partial charge in [-0.15, -0.1) is 0 Å². The van der Waals surface area contributed by atoms with Gasteiger partial charge < -0.3 is 15.0 Å². The Labute approximate surface area is 152 Å². The van der Waals surface area contributed by atoms with Crippen molar-refractivity contribution in [3.8, 4) is 5.75 Å². The molecule has 6 nitrogen and oxygen atoms in total. The molecule has 3 rings (SSSR count). The van der Waals surface area contributed by atoms with Gasteiger partial charge >= 0.3 is 0 Å². The Morgan fingerprint density at radius 3 is 2.62 bits per heavy atom. The molecule has 0 saturated heterocycles. The number of hydrogen-bond donors (Lipinski definition) is 1. The number of benzene rings is 2. The molecule has 26 heavy (non-hydrogen) atoms. The molecule has 3 aromatic rings. The van der Waals surface area contributed by atoms with Crippen molar-refractivity contribution in [2.45, 2.75) is 6.92 Å². The summed E-state index contributed by atoms with van der Waals surface area (Å²) in [6.07, 6.45) is 1.40. The van der Waals surface area contributed by atoms with E-state index in [9.17, 15) is 4.79 Å². The van der Waals surface area contributed by atoms with Crippen molar-refractivity contribution in [1.82, 2.24) is 9.97 Å². The molecule has 132 valence electrons. The molecule has 1 aromatic heterocycles. The van der Waals surface area contributed by atoms with Crippen LogP contribution in [-0.4, -0.2) is 29.5 Å². The van der Waals surface area contributed by atoms with E-state index in [4.69, 9.17) is 4.74 Å². The molecule has 0 aliphatic heterocycles. The van der Waals surface area contributed by atoms with Crippen LogP contribution >= 0.6 is 0 Å². The number of rotatable bonds is 6. The number of amides is 1. The molecule has 0 atom stereocenters. The minimum absolute atomic E-state index is 0.298. The van der Waals surface area contributed by atoms with Gasteiger partial charge in [0.2, 0.25) is 0 Å². The van der Waals surface area contributed by atoms with E-state index in [0.717, 1.165) is 12.2 Å². The van der Waals surface area contributed by atoms with Gasteiger partial charge in [0.05, 0.1) is 7.11 Å². The molecule has 0 aliphatic carbocycles. The van der Waals surface area contributed by atoms with E-state index in [-0.39, 0.29) is 5.91 Å². The van der Waals surface area contributed by atoms with E-state index in [0.29, 0.717) is 22.9 Å². The molecule has 0 aliphatic rings. The zero-order valence-electron chi connectivity index (χ0n) is 14.7. The lowest BCUT2D eigenvalue weighted by Crippen LogP contribution is -2.20. The molecule has 1 amide bonds. The van der Waals surface area contributed by atoms with Crippen LogP contribution in [0.3, 0.4) is 0 Å². The summed E-state index contributed by atoms with van der Waals surface area (Å²) >= 11 is 0. The highest BCUT2D eigenvalue weighted by atomic mass is 16.5. The molecule has 0 fully saturated rings. The molecule has 1 N–H and O–H groups in total. The number of para-hydroxylation sites is 1. The summed E-state index contributed by atoms with van der Waals surface area (Å²) in [5.41, 5.74) is 1.95. The number of carbonyl (C=O) groups excluding carboxylic acids is 1. The van der Waals surface area contributed by atoms with Gasteiger partial charge in [-0.1, -0.05) is 24.3 Å². The van der Waals surface area contributed by atoms with Crippen LogP contribution in [0.25, 0.3) is 0 Å². The van der Waals surface area contributed by atoms with Gasteiger partial charge in [0.1, 0.15) is 23.6 Å². The Balaban J connectivity index is 1.83. The number of nitrogens with one attached hydrogen (secondary N) is 1. The first-order chi connectivity index (χ1) is 12.7. The summed E-state index contributed by atoms with van der Waals surface area (Å²) in [5, 5.41) is 2.83. The van der Waals surface area contributed by atoms with E-state index in [1.165, 1.54) is 6.33 Å². The Bertz CT molecular complexity index is 884. The van der Waals surface area contributed by atoms with E-state index >= 15 is 0 Å². The molecule has 0 radical (unpaired) electrons. The minimum atomic E-state index is -0.300. The van der Waals surface area contributed by atoms with E-state index in [2.05, 4.69) is 15.3 Å². The highest BCUT2D eigenvalue weighted by Gasteiger charge is 2.14. The van der Waals surface area contributed by atoms with Crippen LogP contribution in [0.5, 0.6) is 5.75 Å². The van der Waals surface area contributed by atoms with Crippen LogP contribution in [0.1, 0.15) is 17.4 Å². The summed E-state index contributed by atoms with van der Waals surface area (Å²) in [4.78, 5) is 23.0. The minimum Gasteiger partial charge on any atom is -0.497 e. The van der Waals surface area contributed by atoms with Gasteiger partial charge in [0, 0.05) is 30.1 Å². The number of methoxy groups -OCH3 is 1. The Hall–Kier alpha value is -3.41. The van der Waals surface area contributed by atoms with Crippen LogP contribution in [0.2, 0.25) is 0 Å². The molecule has 6 heteroatoms. The smallest absolute Gasteiger partial charge is 0.274 e. The predicted octanol–water partition coefficient (Wildman–Crippen LogP) is 3.90. The fraction of sp³-hybridized carbons (Fsp3) is 0.150. The van der Waals surface area contributed by atoms with Gasteiger partial charge in [-0.05, 0) is 31.2 Å². The van der Waals surface area contributed by atoms with Crippen LogP contribution in [0.15, 0.2) is 67.0 Å². The quantitative estimate of drug-likeness (QED) is 0.732. The van der Waals surface area contributed by atoms with Gasteiger partial charge in [0.15, 0.2) is 0 Å². The number of ether oxygens (including phenoxy) is 1. The third-order valence-electron chi connectivity index (χ3n) is 3.87. The number of hydrogen-bond acceptors (Lipinski definition) is 5. The number of aromatic nitrogens is 2. The molecule has 0 saturated carbocycles. The number of anilines is 3. The van der Waals surface area contributed by atoms with Gasteiger partial charge in [-0.25, -0.2) is 9.97 Å². The maximum Gasteiger partial charge on any atom is 0.274 e. The van der Waals surface area contributed by atoms with Crippen molar-refractivity contribution in [2.24, 2.45) is 0 Å². The van der Waals surface area contributed by atoms with Crippen LogP contribution in [0, 0.1) is 0 Å².